The number of hydrogen-bond acceptors (Lipinski definition) is 3. The molecule has 0 radical (unpaired) electrons. The highest BCUT2D eigenvalue weighted by Crippen LogP contribution is 2.15. The summed E-state index contributed by atoms with van der Waals surface area (Å²) in [4.78, 5) is 22.6. The first kappa shape index (κ1) is 13.7. The van der Waals surface area contributed by atoms with E-state index in [1.54, 1.807) is 24.3 Å². The number of amides is 1. The van der Waals surface area contributed by atoms with Gasteiger partial charge in [0.1, 0.15) is 6.04 Å². The second-order valence-electron chi connectivity index (χ2n) is 3.36. The third-order valence-corrected chi connectivity index (χ3v) is 2.83. The van der Waals surface area contributed by atoms with E-state index in [1.165, 1.54) is 0 Å². The van der Waals surface area contributed by atoms with Gasteiger partial charge in [-0.3, -0.25) is 4.79 Å². The highest BCUT2D eigenvalue weighted by Gasteiger charge is 2.20. The molecule has 1 atom stereocenters. The van der Waals surface area contributed by atoms with E-state index >= 15 is 0 Å². The van der Waals surface area contributed by atoms with E-state index in [-0.39, 0.29) is 13.0 Å². The molecule has 3 N–H and O–H groups in total. The van der Waals surface area contributed by atoms with Crippen LogP contribution in [0.15, 0.2) is 28.7 Å². The van der Waals surface area contributed by atoms with Gasteiger partial charge in [0.25, 0.3) is 5.91 Å². The summed E-state index contributed by atoms with van der Waals surface area (Å²) in [6, 6.07) is 5.62. The number of hydrogen-bond donors (Lipinski definition) is 3. The lowest BCUT2D eigenvalue weighted by atomic mass is 10.1. The zero-order chi connectivity index (χ0) is 12.8. The zero-order valence-electron chi connectivity index (χ0n) is 8.89. The van der Waals surface area contributed by atoms with Crippen LogP contribution >= 0.6 is 15.9 Å². The number of rotatable bonds is 5. The molecule has 0 saturated carbocycles. The number of halogens is 1. The smallest absolute Gasteiger partial charge is 0.326 e. The summed E-state index contributed by atoms with van der Waals surface area (Å²) in [5, 5.41) is 19.9. The van der Waals surface area contributed by atoms with Gasteiger partial charge >= 0.3 is 5.97 Å². The van der Waals surface area contributed by atoms with Gasteiger partial charge in [-0.25, -0.2) is 4.79 Å². The molecule has 1 aromatic rings. The third kappa shape index (κ3) is 3.83. The van der Waals surface area contributed by atoms with Crippen molar-refractivity contribution in [2.75, 3.05) is 6.61 Å². The second-order valence-corrected chi connectivity index (χ2v) is 4.21. The van der Waals surface area contributed by atoms with Gasteiger partial charge < -0.3 is 15.5 Å². The van der Waals surface area contributed by atoms with Crippen LogP contribution in [-0.4, -0.2) is 34.7 Å². The minimum Gasteiger partial charge on any atom is -0.480 e. The van der Waals surface area contributed by atoms with Crippen LogP contribution in [0.4, 0.5) is 0 Å². The summed E-state index contributed by atoms with van der Waals surface area (Å²) in [7, 11) is 0. The van der Waals surface area contributed by atoms with Crippen molar-refractivity contribution < 1.29 is 19.8 Å². The molecule has 0 aliphatic heterocycles. The number of benzene rings is 1. The monoisotopic (exact) mass is 301 g/mol. The molecule has 0 aliphatic carbocycles. The topological polar surface area (TPSA) is 86.6 Å². The lowest BCUT2D eigenvalue weighted by molar-refractivity contribution is -0.139. The number of carbonyl (C=O) groups excluding carboxylic acids is 1. The van der Waals surface area contributed by atoms with Crippen molar-refractivity contribution in [3.8, 4) is 0 Å². The SMILES string of the molecule is O=C(NC(CCO)C(=O)O)c1ccccc1Br. The molecule has 0 saturated heterocycles. The Morgan fingerprint density at radius 1 is 1.35 bits per heavy atom. The fraction of sp³-hybridized carbons (Fsp3) is 0.273. The van der Waals surface area contributed by atoms with Crippen LogP contribution in [0, 0.1) is 0 Å². The minimum absolute atomic E-state index is 0.0223. The number of aliphatic hydroxyl groups excluding tert-OH is 1. The maximum atomic E-state index is 11.8. The zero-order valence-corrected chi connectivity index (χ0v) is 10.5. The van der Waals surface area contributed by atoms with Crippen LogP contribution < -0.4 is 5.32 Å². The highest BCUT2D eigenvalue weighted by molar-refractivity contribution is 9.10. The van der Waals surface area contributed by atoms with Crippen LogP contribution in [-0.2, 0) is 4.79 Å². The second kappa shape index (κ2) is 6.36. The molecule has 5 nitrogen and oxygen atoms in total. The van der Waals surface area contributed by atoms with E-state index in [9.17, 15) is 9.59 Å². The summed E-state index contributed by atoms with van der Waals surface area (Å²) in [6.07, 6.45) is -0.0223. The van der Waals surface area contributed by atoms with Crippen molar-refractivity contribution >= 4 is 27.8 Å². The Bertz CT molecular complexity index is 422. The molecule has 0 spiro atoms. The predicted molar refractivity (Wildman–Crippen MR) is 64.7 cm³/mol. The summed E-state index contributed by atoms with van der Waals surface area (Å²) in [5.41, 5.74) is 0.358. The van der Waals surface area contributed by atoms with Crippen LogP contribution in [0.2, 0.25) is 0 Å². The summed E-state index contributed by atoms with van der Waals surface area (Å²) in [6.45, 7) is -0.298. The van der Waals surface area contributed by atoms with Gasteiger partial charge in [0.2, 0.25) is 0 Å². The Hall–Kier alpha value is -1.40. The molecule has 1 unspecified atom stereocenters. The normalized spacial score (nSPS) is 11.9. The van der Waals surface area contributed by atoms with Crippen molar-refractivity contribution in [1.82, 2.24) is 5.32 Å². The van der Waals surface area contributed by atoms with Gasteiger partial charge in [0, 0.05) is 17.5 Å². The third-order valence-electron chi connectivity index (χ3n) is 2.14. The Kier molecular flexibility index (Phi) is 5.11. The van der Waals surface area contributed by atoms with Crippen LogP contribution in [0.1, 0.15) is 16.8 Å². The van der Waals surface area contributed by atoms with Gasteiger partial charge in [0.15, 0.2) is 0 Å². The number of carbonyl (C=O) groups is 2. The first-order valence-electron chi connectivity index (χ1n) is 4.95. The van der Waals surface area contributed by atoms with Crippen LogP contribution in [0.5, 0.6) is 0 Å². The molecule has 0 aromatic heterocycles. The number of nitrogens with one attached hydrogen (secondary N) is 1. The van der Waals surface area contributed by atoms with E-state index in [1.807, 2.05) is 0 Å². The molecule has 0 aliphatic rings. The van der Waals surface area contributed by atoms with Gasteiger partial charge in [-0.05, 0) is 28.1 Å². The molecule has 0 fully saturated rings. The first-order chi connectivity index (χ1) is 8.06. The average Bonchev–Trinajstić information content (AvgIpc) is 2.28. The Balaban J connectivity index is 2.77. The van der Waals surface area contributed by atoms with E-state index in [0.717, 1.165) is 0 Å². The fourth-order valence-electron chi connectivity index (χ4n) is 1.27. The standard InChI is InChI=1S/C11H12BrNO4/c12-8-4-2-1-3-7(8)10(15)13-9(5-6-14)11(16)17/h1-4,9,14H,5-6H2,(H,13,15)(H,16,17). The predicted octanol–water partition coefficient (Wildman–Crippen LogP) is 1.01. The molecule has 17 heavy (non-hydrogen) atoms. The van der Waals surface area contributed by atoms with Gasteiger partial charge in [-0.1, -0.05) is 12.1 Å². The number of aliphatic carboxylic acids is 1. The number of carboxylic acid groups (broad SMARTS) is 1. The minimum atomic E-state index is -1.17. The number of aliphatic hydroxyl groups is 1. The van der Waals surface area contributed by atoms with E-state index in [2.05, 4.69) is 21.2 Å². The maximum Gasteiger partial charge on any atom is 0.326 e. The van der Waals surface area contributed by atoms with Crippen molar-refractivity contribution in [3.05, 3.63) is 34.3 Å². The molecular weight excluding hydrogens is 290 g/mol. The van der Waals surface area contributed by atoms with Gasteiger partial charge in [0.05, 0.1) is 5.56 Å². The summed E-state index contributed by atoms with van der Waals surface area (Å²) < 4.78 is 0.589. The molecule has 0 heterocycles. The van der Waals surface area contributed by atoms with Crippen LogP contribution in [0.25, 0.3) is 0 Å². The lowest BCUT2D eigenvalue weighted by Gasteiger charge is -2.13. The van der Waals surface area contributed by atoms with E-state index in [0.29, 0.717) is 10.0 Å². The largest absolute Gasteiger partial charge is 0.480 e. The first-order valence-corrected chi connectivity index (χ1v) is 5.74. The highest BCUT2D eigenvalue weighted by atomic mass is 79.9. The molecular formula is C11H12BrNO4. The maximum absolute atomic E-state index is 11.8. The Labute approximate surface area is 107 Å². The Morgan fingerprint density at radius 2 is 2.00 bits per heavy atom. The Morgan fingerprint density at radius 3 is 2.53 bits per heavy atom. The van der Waals surface area contributed by atoms with E-state index in [4.69, 9.17) is 10.2 Å². The summed E-state index contributed by atoms with van der Waals surface area (Å²) in [5.74, 6) is -1.65. The van der Waals surface area contributed by atoms with Crippen molar-refractivity contribution in [2.24, 2.45) is 0 Å². The van der Waals surface area contributed by atoms with Crippen molar-refractivity contribution in [1.29, 1.82) is 0 Å². The fourth-order valence-corrected chi connectivity index (χ4v) is 1.73. The van der Waals surface area contributed by atoms with Crippen LogP contribution in [0.3, 0.4) is 0 Å². The average molecular weight is 302 g/mol. The molecule has 1 rings (SSSR count). The molecule has 1 aromatic carbocycles. The number of carboxylic acids is 1. The molecule has 6 heteroatoms. The van der Waals surface area contributed by atoms with Crippen molar-refractivity contribution in [2.45, 2.75) is 12.5 Å². The van der Waals surface area contributed by atoms with Gasteiger partial charge in [-0.2, -0.15) is 0 Å². The molecule has 1 amide bonds. The quantitative estimate of drug-likeness (QED) is 0.758. The van der Waals surface area contributed by atoms with Gasteiger partial charge in [-0.15, -0.1) is 0 Å². The molecule has 92 valence electrons. The summed E-state index contributed by atoms with van der Waals surface area (Å²) >= 11 is 3.21. The molecule has 0 bridgehead atoms. The van der Waals surface area contributed by atoms with Crippen molar-refractivity contribution in [3.63, 3.8) is 0 Å². The lowest BCUT2D eigenvalue weighted by Crippen LogP contribution is -2.41. The van der Waals surface area contributed by atoms with E-state index < -0.39 is 17.9 Å².